The summed E-state index contributed by atoms with van der Waals surface area (Å²) in [7, 11) is 0. The van der Waals surface area contributed by atoms with Gasteiger partial charge in [0.15, 0.2) is 0 Å². The number of aromatic nitrogens is 1. The first-order valence-electron chi connectivity index (χ1n) is 7.24. The molecule has 0 aliphatic carbocycles. The zero-order valence-electron chi connectivity index (χ0n) is 12.1. The van der Waals surface area contributed by atoms with Gasteiger partial charge in [-0.25, -0.2) is 4.98 Å². The standard InChI is InChI=1S/C15H18ClN3O2S/c16-10-1-2-12-11(7-10)19-13(22-12)8-18-14(20)15(9-17)3-5-21-6-4-15/h1-2,7H,3-6,8-9,17H2,(H,18,20). The quantitative estimate of drug-likeness (QED) is 0.896. The number of carbonyl (C=O) groups excluding carboxylic acids is 1. The molecule has 1 saturated heterocycles. The second kappa shape index (κ2) is 6.50. The smallest absolute Gasteiger partial charge is 0.228 e. The van der Waals surface area contributed by atoms with Crippen molar-refractivity contribution in [1.82, 2.24) is 10.3 Å². The van der Waals surface area contributed by atoms with E-state index in [-0.39, 0.29) is 5.91 Å². The number of hydrogen-bond acceptors (Lipinski definition) is 5. The van der Waals surface area contributed by atoms with Gasteiger partial charge in [-0.3, -0.25) is 4.79 Å². The monoisotopic (exact) mass is 339 g/mol. The maximum Gasteiger partial charge on any atom is 0.228 e. The Morgan fingerprint density at radius 1 is 1.45 bits per heavy atom. The third-order valence-electron chi connectivity index (χ3n) is 4.12. The molecule has 1 fully saturated rings. The normalized spacial score (nSPS) is 17.5. The minimum absolute atomic E-state index is 0.00408. The van der Waals surface area contributed by atoms with Crippen LogP contribution < -0.4 is 11.1 Å². The number of fused-ring (bicyclic) bond motifs is 1. The van der Waals surface area contributed by atoms with Gasteiger partial charge in [0.25, 0.3) is 0 Å². The van der Waals surface area contributed by atoms with Crippen molar-refractivity contribution in [1.29, 1.82) is 0 Å². The Balaban J connectivity index is 1.68. The minimum atomic E-state index is -0.502. The Kier molecular flexibility index (Phi) is 4.63. The van der Waals surface area contributed by atoms with Crippen LogP contribution in [0.25, 0.3) is 10.2 Å². The van der Waals surface area contributed by atoms with Crippen molar-refractivity contribution in [3.8, 4) is 0 Å². The summed E-state index contributed by atoms with van der Waals surface area (Å²) in [5, 5.41) is 4.51. The van der Waals surface area contributed by atoms with Crippen LogP contribution in [0.15, 0.2) is 18.2 Å². The average Bonchev–Trinajstić information content (AvgIpc) is 2.95. The lowest BCUT2D eigenvalue weighted by Gasteiger charge is -2.34. The molecule has 0 bridgehead atoms. The SMILES string of the molecule is NCC1(C(=O)NCc2nc3cc(Cl)ccc3s2)CCOCC1. The van der Waals surface area contributed by atoms with Gasteiger partial charge < -0.3 is 15.8 Å². The second-order valence-corrected chi connectivity index (χ2v) is 7.05. The molecule has 0 radical (unpaired) electrons. The highest BCUT2D eigenvalue weighted by Gasteiger charge is 2.38. The molecule has 1 aromatic heterocycles. The molecule has 3 rings (SSSR count). The van der Waals surface area contributed by atoms with Crippen LogP contribution in [0.5, 0.6) is 0 Å². The van der Waals surface area contributed by atoms with E-state index >= 15 is 0 Å². The number of ether oxygens (including phenoxy) is 1. The van der Waals surface area contributed by atoms with E-state index in [1.54, 1.807) is 11.3 Å². The predicted octanol–water partition coefficient (Wildman–Crippen LogP) is 2.32. The maximum atomic E-state index is 12.5. The molecule has 0 saturated carbocycles. The minimum Gasteiger partial charge on any atom is -0.381 e. The van der Waals surface area contributed by atoms with E-state index < -0.39 is 5.41 Å². The summed E-state index contributed by atoms with van der Waals surface area (Å²) in [5.74, 6) is -0.00408. The topological polar surface area (TPSA) is 77.2 Å². The third kappa shape index (κ3) is 3.10. The van der Waals surface area contributed by atoms with Crippen LogP contribution >= 0.6 is 22.9 Å². The van der Waals surface area contributed by atoms with Crippen molar-refractivity contribution >= 4 is 39.1 Å². The number of amides is 1. The van der Waals surface area contributed by atoms with Crippen molar-refractivity contribution in [2.24, 2.45) is 11.1 Å². The summed E-state index contributed by atoms with van der Waals surface area (Å²) < 4.78 is 6.40. The van der Waals surface area contributed by atoms with Gasteiger partial charge >= 0.3 is 0 Å². The van der Waals surface area contributed by atoms with Gasteiger partial charge in [-0.15, -0.1) is 11.3 Å². The van der Waals surface area contributed by atoms with Crippen LogP contribution in [0.2, 0.25) is 5.02 Å². The molecule has 3 N–H and O–H groups in total. The summed E-state index contributed by atoms with van der Waals surface area (Å²) in [6.07, 6.45) is 1.34. The number of carbonyl (C=O) groups is 1. The molecule has 1 aliphatic rings. The molecular formula is C15H18ClN3O2S. The first-order chi connectivity index (χ1) is 10.6. The van der Waals surface area contributed by atoms with Gasteiger partial charge in [-0.05, 0) is 31.0 Å². The maximum absolute atomic E-state index is 12.5. The van der Waals surface area contributed by atoms with Crippen LogP contribution in [0.1, 0.15) is 17.8 Å². The third-order valence-corrected chi connectivity index (χ3v) is 5.39. The van der Waals surface area contributed by atoms with Crippen LogP contribution in [-0.2, 0) is 16.1 Å². The van der Waals surface area contributed by atoms with Gasteiger partial charge in [0.1, 0.15) is 5.01 Å². The summed E-state index contributed by atoms with van der Waals surface area (Å²) in [4.78, 5) is 17.0. The van der Waals surface area contributed by atoms with E-state index in [0.717, 1.165) is 15.2 Å². The highest BCUT2D eigenvalue weighted by atomic mass is 35.5. The van der Waals surface area contributed by atoms with Crippen molar-refractivity contribution in [2.45, 2.75) is 19.4 Å². The molecule has 0 atom stereocenters. The number of halogens is 1. The highest BCUT2D eigenvalue weighted by Crippen LogP contribution is 2.30. The molecule has 2 heterocycles. The molecule has 1 aromatic carbocycles. The van der Waals surface area contributed by atoms with Crippen molar-refractivity contribution < 1.29 is 9.53 Å². The lowest BCUT2D eigenvalue weighted by molar-refractivity contribution is -0.136. The first kappa shape index (κ1) is 15.7. The zero-order valence-corrected chi connectivity index (χ0v) is 13.7. The molecular weight excluding hydrogens is 322 g/mol. The van der Waals surface area contributed by atoms with E-state index in [2.05, 4.69) is 10.3 Å². The van der Waals surface area contributed by atoms with Gasteiger partial charge in [0.05, 0.1) is 22.2 Å². The fraction of sp³-hybridized carbons (Fsp3) is 0.467. The summed E-state index contributed by atoms with van der Waals surface area (Å²) in [6.45, 7) is 1.94. The van der Waals surface area contributed by atoms with E-state index in [1.165, 1.54) is 0 Å². The van der Waals surface area contributed by atoms with Crippen LogP contribution in [0.3, 0.4) is 0 Å². The lowest BCUT2D eigenvalue weighted by atomic mass is 9.79. The number of benzene rings is 1. The molecule has 5 nitrogen and oxygen atoms in total. The number of thiazole rings is 1. The van der Waals surface area contributed by atoms with E-state index in [4.69, 9.17) is 22.1 Å². The lowest BCUT2D eigenvalue weighted by Crippen LogP contribution is -2.48. The fourth-order valence-electron chi connectivity index (χ4n) is 2.65. The number of nitrogens with two attached hydrogens (primary N) is 1. The zero-order chi connectivity index (χ0) is 15.6. The summed E-state index contributed by atoms with van der Waals surface area (Å²) >= 11 is 7.52. The number of nitrogens with zero attached hydrogens (tertiary/aromatic N) is 1. The second-order valence-electron chi connectivity index (χ2n) is 5.50. The number of nitrogens with one attached hydrogen (secondary N) is 1. The molecule has 1 aliphatic heterocycles. The van der Waals surface area contributed by atoms with Gasteiger partial charge in [0, 0.05) is 24.8 Å². The molecule has 7 heteroatoms. The number of hydrogen-bond donors (Lipinski definition) is 2. The highest BCUT2D eigenvalue weighted by molar-refractivity contribution is 7.18. The van der Waals surface area contributed by atoms with E-state index in [0.29, 0.717) is 44.2 Å². The Labute approximate surface area is 137 Å². The predicted molar refractivity (Wildman–Crippen MR) is 88.0 cm³/mol. The Bertz CT molecular complexity index is 682. The van der Waals surface area contributed by atoms with Crippen LogP contribution in [0, 0.1) is 5.41 Å². The van der Waals surface area contributed by atoms with E-state index in [1.807, 2.05) is 18.2 Å². The largest absolute Gasteiger partial charge is 0.381 e. The van der Waals surface area contributed by atoms with Gasteiger partial charge in [-0.1, -0.05) is 11.6 Å². The molecule has 118 valence electrons. The number of rotatable bonds is 4. The Morgan fingerprint density at radius 2 is 2.23 bits per heavy atom. The van der Waals surface area contributed by atoms with Gasteiger partial charge in [0.2, 0.25) is 5.91 Å². The van der Waals surface area contributed by atoms with E-state index in [9.17, 15) is 4.79 Å². The summed E-state index contributed by atoms with van der Waals surface area (Å²) in [5.41, 5.74) is 6.20. The van der Waals surface area contributed by atoms with Gasteiger partial charge in [-0.2, -0.15) is 0 Å². The Morgan fingerprint density at radius 3 is 2.95 bits per heavy atom. The Hall–Kier alpha value is -1.21. The molecule has 1 amide bonds. The average molecular weight is 340 g/mol. The van der Waals surface area contributed by atoms with Crippen LogP contribution in [0.4, 0.5) is 0 Å². The fourth-order valence-corrected chi connectivity index (χ4v) is 3.71. The summed E-state index contributed by atoms with van der Waals surface area (Å²) in [6, 6.07) is 5.62. The molecule has 0 unspecified atom stereocenters. The molecule has 2 aromatic rings. The first-order valence-corrected chi connectivity index (χ1v) is 8.43. The van der Waals surface area contributed by atoms with Crippen molar-refractivity contribution in [3.05, 3.63) is 28.2 Å². The molecule has 22 heavy (non-hydrogen) atoms. The van der Waals surface area contributed by atoms with Crippen molar-refractivity contribution in [3.63, 3.8) is 0 Å². The van der Waals surface area contributed by atoms with Crippen molar-refractivity contribution in [2.75, 3.05) is 19.8 Å². The van der Waals surface area contributed by atoms with Crippen LogP contribution in [-0.4, -0.2) is 30.6 Å². The molecule has 0 spiro atoms.